The van der Waals surface area contributed by atoms with E-state index in [0.717, 1.165) is 42.9 Å². The molecule has 3 aromatic carbocycles. The van der Waals surface area contributed by atoms with Crippen LogP contribution < -0.4 is 10.2 Å². The number of anilines is 2. The number of nitrogens with zero attached hydrogens (tertiary/aromatic N) is 2. The van der Waals surface area contributed by atoms with Crippen molar-refractivity contribution in [2.75, 3.05) is 29.9 Å². The van der Waals surface area contributed by atoms with Crippen LogP contribution in [0.2, 0.25) is 0 Å². The van der Waals surface area contributed by atoms with Crippen LogP contribution in [0.3, 0.4) is 0 Å². The van der Waals surface area contributed by atoms with Crippen LogP contribution in [0.25, 0.3) is 11.1 Å². The van der Waals surface area contributed by atoms with Crippen molar-refractivity contribution in [1.29, 1.82) is 0 Å². The van der Waals surface area contributed by atoms with E-state index in [-0.39, 0.29) is 5.91 Å². The Balaban J connectivity index is 1.45. The Labute approximate surface area is 204 Å². The van der Waals surface area contributed by atoms with Crippen molar-refractivity contribution in [3.05, 3.63) is 83.9 Å². The second-order valence-corrected chi connectivity index (χ2v) is 9.76. The number of nitrogens with one attached hydrogen (secondary N) is 1. The van der Waals surface area contributed by atoms with Gasteiger partial charge in [0.25, 0.3) is 5.91 Å². The molecule has 1 N–H and O–H groups in total. The van der Waals surface area contributed by atoms with Gasteiger partial charge in [-0.15, -0.1) is 0 Å². The molecular formula is C30H37N3O. The summed E-state index contributed by atoms with van der Waals surface area (Å²) in [5, 5.41) is 3.11. The molecule has 34 heavy (non-hydrogen) atoms. The molecule has 0 atom stereocenters. The van der Waals surface area contributed by atoms with Gasteiger partial charge in [0.05, 0.1) is 0 Å². The quantitative estimate of drug-likeness (QED) is 0.422. The first-order chi connectivity index (χ1) is 16.4. The zero-order valence-corrected chi connectivity index (χ0v) is 20.9. The highest BCUT2D eigenvalue weighted by Crippen LogP contribution is 2.30. The molecule has 0 radical (unpaired) electrons. The Bertz CT molecular complexity index is 1080. The van der Waals surface area contributed by atoms with Crippen LogP contribution in [0.15, 0.2) is 72.8 Å². The lowest BCUT2D eigenvalue weighted by atomic mass is 10.0. The first kappa shape index (κ1) is 24.0. The summed E-state index contributed by atoms with van der Waals surface area (Å²) in [6, 6.07) is 25.5. The van der Waals surface area contributed by atoms with Gasteiger partial charge in [-0.2, -0.15) is 0 Å². The van der Waals surface area contributed by atoms with E-state index >= 15 is 0 Å². The maximum absolute atomic E-state index is 12.9. The van der Waals surface area contributed by atoms with Crippen molar-refractivity contribution in [3.63, 3.8) is 0 Å². The molecule has 4 heteroatoms. The molecule has 0 saturated carbocycles. The monoisotopic (exact) mass is 455 g/mol. The normalized spacial score (nSPS) is 13.4. The van der Waals surface area contributed by atoms with Gasteiger partial charge in [-0.25, -0.2) is 0 Å². The first-order valence-electron chi connectivity index (χ1n) is 12.5. The Hall–Kier alpha value is -3.11. The third kappa shape index (κ3) is 5.68. The molecule has 0 fully saturated rings. The van der Waals surface area contributed by atoms with Gasteiger partial charge in [0.1, 0.15) is 0 Å². The predicted molar refractivity (Wildman–Crippen MR) is 144 cm³/mol. The summed E-state index contributed by atoms with van der Waals surface area (Å²) in [5.41, 5.74) is 6.41. The summed E-state index contributed by atoms with van der Waals surface area (Å²) in [6.07, 6.45) is 2.27. The van der Waals surface area contributed by atoms with E-state index in [1.807, 2.05) is 48.5 Å². The Morgan fingerprint density at radius 3 is 2.26 bits per heavy atom. The van der Waals surface area contributed by atoms with Crippen molar-refractivity contribution in [2.24, 2.45) is 0 Å². The lowest BCUT2D eigenvalue weighted by Crippen LogP contribution is -2.43. The lowest BCUT2D eigenvalue weighted by molar-refractivity contribution is 0.102. The summed E-state index contributed by atoms with van der Waals surface area (Å²) in [6.45, 7) is 12.2. The Morgan fingerprint density at radius 2 is 1.59 bits per heavy atom. The summed E-state index contributed by atoms with van der Waals surface area (Å²) < 4.78 is 0. The van der Waals surface area contributed by atoms with Crippen molar-refractivity contribution in [3.8, 4) is 11.1 Å². The molecule has 1 aliphatic heterocycles. The van der Waals surface area contributed by atoms with Crippen LogP contribution in [0.5, 0.6) is 0 Å². The fourth-order valence-electron chi connectivity index (χ4n) is 4.96. The topological polar surface area (TPSA) is 35.6 Å². The summed E-state index contributed by atoms with van der Waals surface area (Å²) in [7, 11) is 0. The molecule has 178 valence electrons. The zero-order valence-electron chi connectivity index (χ0n) is 20.9. The van der Waals surface area contributed by atoms with E-state index in [4.69, 9.17) is 0 Å². The van der Waals surface area contributed by atoms with Gasteiger partial charge < -0.3 is 10.2 Å². The van der Waals surface area contributed by atoms with Crippen molar-refractivity contribution >= 4 is 17.3 Å². The molecule has 0 bridgehead atoms. The van der Waals surface area contributed by atoms with E-state index < -0.39 is 0 Å². The van der Waals surface area contributed by atoms with Gasteiger partial charge >= 0.3 is 0 Å². The number of fused-ring (bicyclic) bond motifs is 1. The molecule has 1 amide bonds. The van der Waals surface area contributed by atoms with Crippen LogP contribution in [0.1, 0.15) is 50.0 Å². The lowest BCUT2D eigenvalue weighted by Gasteiger charge is -2.36. The number of carbonyl (C=O) groups is 1. The van der Waals surface area contributed by atoms with Crippen LogP contribution in [0.4, 0.5) is 11.4 Å². The van der Waals surface area contributed by atoms with E-state index in [2.05, 4.69) is 67.1 Å². The average molecular weight is 456 g/mol. The number of hydrogen-bond donors (Lipinski definition) is 1. The molecule has 1 heterocycles. The first-order valence-corrected chi connectivity index (χ1v) is 12.5. The summed E-state index contributed by atoms with van der Waals surface area (Å²) in [4.78, 5) is 18.0. The third-order valence-corrected chi connectivity index (χ3v) is 6.77. The maximum Gasteiger partial charge on any atom is 0.255 e. The van der Waals surface area contributed by atoms with Crippen LogP contribution >= 0.6 is 0 Å². The fourth-order valence-corrected chi connectivity index (χ4v) is 4.96. The van der Waals surface area contributed by atoms with E-state index in [9.17, 15) is 4.79 Å². The van der Waals surface area contributed by atoms with Crippen LogP contribution in [0, 0.1) is 0 Å². The number of carbonyl (C=O) groups excluding carboxylic acids is 1. The molecule has 4 rings (SSSR count). The second-order valence-electron chi connectivity index (χ2n) is 9.76. The minimum atomic E-state index is -0.0762. The number of benzene rings is 3. The summed E-state index contributed by atoms with van der Waals surface area (Å²) >= 11 is 0. The minimum absolute atomic E-state index is 0.0762. The van der Waals surface area contributed by atoms with Gasteiger partial charge in [-0.05, 0) is 81.5 Å². The van der Waals surface area contributed by atoms with Crippen LogP contribution in [-0.2, 0) is 6.42 Å². The van der Waals surface area contributed by atoms with Gasteiger partial charge in [-0.3, -0.25) is 9.69 Å². The molecule has 1 aliphatic rings. The average Bonchev–Trinajstić information content (AvgIpc) is 2.84. The highest BCUT2D eigenvalue weighted by Gasteiger charge is 2.20. The van der Waals surface area contributed by atoms with Crippen LogP contribution in [-0.4, -0.2) is 42.5 Å². The maximum atomic E-state index is 12.9. The van der Waals surface area contributed by atoms with Crippen molar-refractivity contribution in [2.45, 2.75) is 52.6 Å². The molecule has 4 nitrogen and oxygen atoms in total. The molecule has 3 aromatic rings. The number of amides is 1. The van der Waals surface area contributed by atoms with E-state index in [1.54, 1.807) is 0 Å². The minimum Gasteiger partial charge on any atom is -0.370 e. The van der Waals surface area contributed by atoms with Crippen molar-refractivity contribution in [1.82, 2.24) is 4.90 Å². The fraction of sp³-hybridized carbons (Fsp3) is 0.367. The smallest absolute Gasteiger partial charge is 0.255 e. The van der Waals surface area contributed by atoms with E-state index in [0.29, 0.717) is 17.6 Å². The van der Waals surface area contributed by atoms with Gasteiger partial charge in [0.15, 0.2) is 0 Å². The molecule has 0 saturated heterocycles. The van der Waals surface area contributed by atoms with Gasteiger partial charge in [0, 0.05) is 48.7 Å². The van der Waals surface area contributed by atoms with Crippen molar-refractivity contribution < 1.29 is 4.79 Å². The molecule has 0 spiro atoms. The highest BCUT2D eigenvalue weighted by atomic mass is 16.1. The highest BCUT2D eigenvalue weighted by molar-refractivity contribution is 6.04. The molecule has 0 aromatic heterocycles. The molecule has 0 aliphatic carbocycles. The second kappa shape index (κ2) is 10.9. The van der Waals surface area contributed by atoms with Gasteiger partial charge in [0.2, 0.25) is 0 Å². The Morgan fingerprint density at radius 1 is 0.912 bits per heavy atom. The molecular weight excluding hydrogens is 418 g/mol. The zero-order chi connectivity index (χ0) is 24.1. The number of hydrogen-bond acceptors (Lipinski definition) is 3. The van der Waals surface area contributed by atoms with Gasteiger partial charge in [-0.1, -0.05) is 48.5 Å². The standard InChI is InChI=1S/C30H37N3O/c1-22(2)33(23(3)4)20-19-32-18-8-11-26-16-17-28(21-29(26)32)31-30(34)27-14-12-25(13-15-27)24-9-6-5-7-10-24/h5-7,9-10,12-17,21-23H,8,11,18-20H2,1-4H3,(H,31,34). The van der Waals surface area contributed by atoms with E-state index in [1.165, 1.54) is 17.7 Å². The Kier molecular flexibility index (Phi) is 7.69. The largest absolute Gasteiger partial charge is 0.370 e. The predicted octanol–water partition coefficient (Wildman–Crippen LogP) is 6.48. The number of rotatable bonds is 8. The SMILES string of the molecule is CC(C)N(CCN1CCCc2ccc(NC(=O)c3ccc(-c4ccccc4)cc3)cc21)C(C)C. The molecule has 0 unspecified atom stereocenters. The third-order valence-electron chi connectivity index (χ3n) is 6.77. The number of aryl methyl sites for hydroxylation is 1. The summed E-state index contributed by atoms with van der Waals surface area (Å²) in [5.74, 6) is -0.0762.